The molecule has 3 aromatic rings. The van der Waals surface area contributed by atoms with Crippen LogP contribution >= 0.6 is 22.7 Å². The second kappa shape index (κ2) is 8.01. The van der Waals surface area contributed by atoms with Gasteiger partial charge in [-0.1, -0.05) is 30.3 Å². The van der Waals surface area contributed by atoms with Gasteiger partial charge in [0.1, 0.15) is 10.6 Å². The lowest BCUT2D eigenvalue weighted by molar-refractivity contribution is 0.0503. The van der Waals surface area contributed by atoms with Gasteiger partial charge >= 0.3 is 6.09 Å². The van der Waals surface area contributed by atoms with E-state index >= 15 is 0 Å². The minimum atomic E-state index is -0.536. The van der Waals surface area contributed by atoms with Crippen molar-refractivity contribution in [3.05, 3.63) is 63.1 Å². The molecule has 0 radical (unpaired) electrons. The summed E-state index contributed by atoms with van der Waals surface area (Å²) in [5.41, 5.74) is 2.65. The van der Waals surface area contributed by atoms with Gasteiger partial charge in [-0.25, -0.2) is 9.78 Å². The van der Waals surface area contributed by atoms with Crippen molar-refractivity contribution in [1.82, 2.24) is 10.3 Å². The molecular weight excluding hydrogens is 364 g/mol. The van der Waals surface area contributed by atoms with Crippen LogP contribution in [0.4, 0.5) is 4.79 Å². The number of ether oxygens (including phenoxy) is 1. The van der Waals surface area contributed by atoms with Gasteiger partial charge in [0.2, 0.25) is 0 Å². The first-order chi connectivity index (χ1) is 12.4. The van der Waals surface area contributed by atoms with Crippen molar-refractivity contribution in [1.29, 1.82) is 0 Å². The van der Waals surface area contributed by atoms with Crippen molar-refractivity contribution in [2.75, 3.05) is 0 Å². The first-order valence-electron chi connectivity index (χ1n) is 8.42. The molecule has 4 nitrogen and oxygen atoms in total. The van der Waals surface area contributed by atoms with Crippen LogP contribution in [0.1, 0.15) is 37.4 Å². The van der Waals surface area contributed by atoms with Crippen LogP contribution in [0, 0.1) is 0 Å². The van der Waals surface area contributed by atoms with Gasteiger partial charge in [-0.2, -0.15) is 11.3 Å². The first kappa shape index (κ1) is 18.6. The maximum Gasteiger partial charge on any atom is 0.408 e. The molecule has 0 aliphatic rings. The summed E-state index contributed by atoms with van der Waals surface area (Å²) in [5.74, 6) is 0. The lowest BCUT2D eigenvalue weighted by Crippen LogP contribution is -2.35. The number of amides is 1. The molecule has 2 aromatic heterocycles. The van der Waals surface area contributed by atoms with Crippen LogP contribution < -0.4 is 5.32 Å². The Hall–Kier alpha value is -2.18. The molecule has 0 unspecified atom stereocenters. The summed E-state index contributed by atoms with van der Waals surface area (Å²) in [6.45, 7) is 5.57. The van der Waals surface area contributed by atoms with Crippen molar-refractivity contribution >= 4 is 28.8 Å². The minimum Gasteiger partial charge on any atom is -0.444 e. The summed E-state index contributed by atoms with van der Waals surface area (Å²) in [7, 11) is 0. The van der Waals surface area contributed by atoms with E-state index in [2.05, 4.69) is 28.9 Å². The highest BCUT2D eigenvalue weighted by atomic mass is 32.1. The third-order valence-corrected chi connectivity index (χ3v) is 5.25. The SMILES string of the molecule is CC(C)(C)OC(=O)N[C@@H](Cc1ccccc1)c1nc(-c2ccsc2)cs1. The number of alkyl carbamates (subject to hydrolysis) is 1. The van der Waals surface area contributed by atoms with Crippen LogP contribution in [0.2, 0.25) is 0 Å². The molecule has 3 rings (SSSR count). The predicted molar refractivity (Wildman–Crippen MR) is 108 cm³/mol. The van der Waals surface area contributed by atoms with Gasteiger partial charge < -0.3 is 10.1 Å². The number of thiazole rings is 1. The molecule has 1 N–H and O–H groups in total. The first-order valence-corrected chi connectivity index (χ1v) is 10.2. The summed E-state index contributed by atoms with van der Waals surface area (Å²) in [6.07, 6.45) is 0.238. The highest BCUT2D eigenvalue weighted by Gasteiger charge is 2.23. The largest absolute Gasteiger partial charge is 0.444 e. The number of thiophene rings is 1. The van der Waals surface area contributed by atoms with Crippen molar-refractivity contribution in [2.45, 2.75) is 38.8 Å². The Bertz CT molecular complexity index is 836. The molecule has 1 atom stereocenters. The average molecular weight is 387 g/mol. The molecule has 0 aliphatic heterocycles. The van der Waals surface area contributed by atoms with E-state index in [0.29, 0.717) is 6.42 Å². The number of hydrogen-bond donors (Lipinski definition) is 1. The minimum absolute atomic E-state index is 0.232. The Morgan fingerprint density at radius 1 is 1.19 bits per heavy atom. The fourth-order valence-corrected chi connectivity index (χ4v) is 4.02. The zero-order valence-corrected chi connectivity index (χ0v) is 16.7. The normalized spacial score (nSPS) is 12.6. The van der Waals surface area contributed by atoms with Crippen LogP contribution in [-0.4, -0.2) is 16.7 Å². The van der Waals surface area contributed by atoms with E-state index in [9.17, 15) is 4.79 Å². The third kappa shape index (κ3) is 5.16. The summed E-state index contributed by atoms with van der Waals surface area (Å²) >= 11 is 3.20. The number of nitrogens with zero attached hydrogens (tertiary/aromatic N) is 1. The Morgan fingerprint density at radius 2 is 1.96 bits per heavy atom. The topological polar surface area (TPSA) is 51.2 Å². The van der Waals surface area contributed by atoms with E-state index in [1.54, 1.807) is 22.7 Å². The standard InChI is InChI=1S/C20H22N2O2S2/c1-20(2,3)24-19(23)22-16(11-14-7-5-4-6-8-14)18-21-17(13-26-18)15-9-10-25-12-15/h4-10,12-13,16H,11H2,1-3H3,(H,22,23)/t16-/m0/s1. The molecule has 0 aliphatic carbocycles. The molecule has 0 saturated carbocycles. The average Bonchev–Trinajstić information content (AvgIpc) is 3.25. The van der Waals surface area contributed by atoms with E-state index in [4.69, 9.17) is 9.72 Å². The van der Waals surface area contributed by atoms with E-state index in [-0.39, 0.29) is 6.04 Å². The zero-order chi connectivity index (χ0) is 18.6. The molecule has 136 valence electrons. The highest BCUT2D eigenvalue weighted by Crippen LogP contribution is 2.29. The molecule has 0 saturated heterocycles. The number of aromatic nitrogens is 1. The predicted octanol–water partition coefficient (Wildman–Crippen LogP) is 5.68. The van der Waals surface area contributed by atoms with Crippen molar-refractivity contribution in [2.24, 2.45) is 0 Å². The zero-order valence-electron chi connectivity index (χ0n) is 15.1. The molecule has 6 heteroatoms. The lowest BCUT2D eigenvalue weighted by Gasteiger charge is -2.23. The van der Waals surface area contributed by atoms with Crippen molar-refractivity contribution in [3.63, 3.8) is 0 Å². The van der Waals surface area contributed by atoms with E-state index in [1.807, 2.05) is 49.7 Å². The Kier molecular flexibility index (Phi) is 5.74. The molecule has 1 amide bonds. The van der Waals surface area contributed by atoms with Gasteiger partial charge in [0.15, 0.2) is 0 Å². The quantitative estimate of drug-likeness (QED) is 0.614. The molecule has 0 spiro atoms. The molecule has 26 heavy (non-hydrogen) atoms. The van der Waals surface area contributed by atoms with Crippen molar-refractivity contribution < 1.29 is 9.53 Å². The number of nitrogens with one attached hydrogen (secondary N) is 1. The summed E-state index contributed by atoms with van der Waals surface area (Å²) in [5, 5.41) is 10.0. The molecule has 2 heterocycles. The lowest BCUT2D eigenvalue weighted by atomic mass is 10.1. The summed E-state index contributed by atoms with van der Waals surface area (Å²) in [4.78, 5) is 17.1. The van der Waals surface area contributed by atoms with Gasteiger partial charge in [-0.15, -0.1) is 11.3 Å². The van der Waals surface area contributed by atoms with Gasteiger partial charge in [-0.05, 0) is 44.2 Å². The molecule has 0 fully saturated rings. The highest BCUT2D eigenvalue weighted by molar-refractivity contribution is 7.10. The number of hydrogen-bond acceptors (Lipinski definition) is 5. The maximum atomic E-state index is 12.3. The summed E-state index contributed by atoms with van der Waals surface area (Å²) < 4.78 is 5.43. The fraction of sp³-hybridized carbons (Fsp3) is 0.300. The van der Waals surface area contributed by atoms with E-state index in [0.717, 1.165) is 21.8 Å². The smallest absolute Gasteiger partial charge is 0.408 e. The number of carbonyl (C=O) groups excluding carboxylic acids is 1. The number of carbonyl (C=O) groups is 1. The van der Waals surface area contributed by atoms with Crippen LogP contribution in [0.5, 0.6) is 0 Å². The van der Waals surface area contributed by atoms with E-state index in [1.165, 1.54) is 0 Å². The molecule has 0 bridgehead atoms. The second-order valence-corrected chi connectivity index (χ2v) is 8.64. The monoisotopic (exact) mass is 386 g/mol. The molecular formula is C20H22N2O2S2. The number of benzene rings is 1. The fourth-order valence-electron chi connectivity index (χ4n) is 2.49. The maximum absolute atomic E-state index is 12.3. The van der Waals surface area contributed by atoms with Gasteiger partial charge in [0.25, 0.3) is 0 Å². The van der Waals surface area contributed by atoms with Crippen LogP contribution in [-0.2, 0) is 11.2 Å². The Labute approximate surface area is 161 Å². The third-order valence-electron chi connectivity index (χ3n) is 3.61. The number of rotatable bonds is 5. The second-order valence-electron chi connectivity index (χ2n) is 6.97. The van der Waals surface area contributed by atoms with Crippen molar-refractivity contribution in [3.8, 4) is 11.3 Å². The van der Waals surface area contributed by atoms with Crippen LogP contribution in [0.15, 0.2) is 52.5 Å². The van der Waals surface area contributed by atoms with Gasteiger partial charge in [0.05, 0.1) is 11.7 Å². The Balaban J connectivity index is 1.81. The molecule has 1 aromatic carbocycles. The van der Waals surface area contributed by atoms with E-state index < -0.39 is 11.7 Å². The van der Waals surface area contributed by atoms with Gasteiger partial charge in [0, 0.05) is 16.3 Å². The summed E-state index contributed by atoms with van der Waals surface area (Å²) in [6, 6.07) is 11.9. The Morgan fingerprint density at radius 3 is 2.62 bits per heavy atom. The van der Waals surface area contributed by atoms with Crippen LogP contribution in [0.25, 0.3) is 11.3 Å². The van der Waals surface area contributed by atoms with Gasteiger partial charge in [-0.3, -0.25) is 0 Å². The van der Waals surface area contributed by atoms with Crippen LogP contribution in [0.3, 0.4) is 0 Å².